The van der Waals surface area contributed by atoms with Crippen molar-refractivity contribution in [2.24, 2.45) is 0 Å². The number of benzene rings is 1. The number of aromatic hydroxyl groups is 1. The Kier molecular flexibility index (Phi) is 4.37. The number of hydrogen-bond acceptors (Lipinski definition) is 3. The van der Waals surface area contributed by atoms with Crippen LogP contribution in [-0.4, -0.2) is 5.11 Å². The fourth-order valence-electron chi connectivity index (χ4n) is 1.53. The van der Waals surface area contributed by atoms with E-state index in [0.717, 1.165) is 11.1 Å². The number of phenols is 1. The summed E-state index contributed by atoms with van der Waals surface area (Å²) in [6.45, 7) is 6.00. The van der Waals surface area contributed by atoms with E-state index in [4.69, 9.17) is 10.5 Å². The standard InChI is InChI=1S/C14H13IN2O/c1-14(2,3)11-5-9(4-10(7-16)8-17)6-12(15)13(11)18/h4-6,18H,1-3H3. The van der Waals surface area contributed by atoms with Crippen LogP contribution in [0.1, 0.15) is 31.9 Å². The first-order valence-electron chi connectivity index (χ1n) is 5.34. The van der Waals surface area contributed by atoms with E-state index in [-0.39, 0.29) is 16.7 Å². The second-order valence-corrected chi connectivity index (χ2v) is 6.09. The Labute approximate surface area is 121 Å². The van der Waals surface area contributed by atoms with E-state index in [1.165, 1.54) is 6.08 Å². The van der Waals surface area contributed by atoms with Crippen molar-refractivity contribution in [3.05, 3.63) is 32.4 Å². The van der Waals surface area contributed by atoms with Gasteiger partial charge in [-0.3, -0.25) is 0 Å². The summed E-state index contributed by atoms with van der Waals surface area (Å²) in [5, 5.41) is 27.5. The van der Waals surface area contributed by atoms with Gasteiger partial charge in [0.1, 0.15) is 23.5 Å². The maximum atomic E-state index is 10.0. The number of phenolic OH excluding ortho intramolecular Hbond substituents is 1. The molecule has 1 aromatic carbocycles. The molecule has 0 heterocycles. The molecule has 0 fully saturated rings. The van der Waals surface area contributed by atoms with Crippen LogP contribution >= 0.6 is 22.6 Å². The SMILES string of the molecule is CC(C)(C)c1cc(C=C(C#N)C#N)cc(I)c1O. The molecule has 18 heavy (non-hydrogen) atoms. The molecule has 1 rings (SSSR count). The molecule has 0 spiro atoms. The maximum Gasteiger partial charge on any atom is 0.132 e. The average Bonchev–Trinajstić information content (AvgIpc) is 2.28. The number of halogens is 1. The Morgan fingerprint density at radius 1 is 1.28 bits per heavy atom. The van der Waals surface area contributed by atoms with Gasteiger partial charge in [-0.1, -0.05) is 20.8 Å². The van der Waals surface area contributed by atoms with Crippen LogP contribution in [0.15, 0.2) is 17.7 Å². The first-order chi connectivity index (χ1) is 8.29. The third kappa shape index (κ3) is 3.24. The van der Waals surface area contributed by atoms with Crippen LogP contribution in [0, 0.1) is 26.2 Å². The van der Waals surface area contributed by atoms with Crippen molar-refractivity contribution >= 4 is 28.7 Å². The first-order valence-corrected chi connectivity index (χ1v) is 6.42. The van der Waals surface area contributed by atoms with Crippen molar-refractivity contribution < 1.29 is 5.11 Å². The highest BCUT2D eigenvalue weighted by molar-refractivity contribution is 14.1. The van der Waals surface area contributed by atoms with Crippen molar-refractivity contribution in [2.75, 3.05) is 0 Å². The van der Waals surface area contributed by atoms with Gasteiger partial charge in [-0.25, -0.2) is 0 Å². The number of allylic oxidation sites excluding steroid dienone is 1. The van der Waals surface area contributed by atoms with Crippen molar-refractivity contribution in [1.29, 1.82) is 10.5 Å². The summed E-state index contributed by atoms with van der Waals surface area (Å²) in [6, 6.07) is 7.22. The molecule has 0 aliphatic heterocycles. The van der Waals surface area contributed by atoms with Crippen molar-refractivity contribution in [3.63, 3.8) is 0 Å². The minimum absolute atomic E-state index is 0.0522. The van der Waals surface area contributed by atoms with Crippen LogP contribution in [-0.2, 0) is 5.41 Å². The summed E-state index contributed by atoms with van der Waals surface area (Å²) in [4.78, 5) is 0. The van der Waals surface area contributed by atoms with Crippen LogP contribution in [0.5, 0.6) is 5.75 Å². The highest BCUT2D eigenvalue weighted by Gasteiger charge is 2.20. The molecule has 1 N–H and O–H groups in total. The van der Waals surface area contributed by atoms with E-state index in [2.05, 4.69) is 0 Å². The Morgan fingerprint density at radius 3 is 2.28 bits per heavy atom. The molecule has 3 nitrogen and oxygen atoms in total. The third-order valence-electron chi connectivity index (χ3n) is 2.45. The van der Waals surface area contributed by atoms with Gasteiger partial charge in [0.05, 0.1) is 3.57 Å². The second kappa shape index (κ2) is 5.41. The Hall–Kier alpha value is -1.53. The van der Waals surface area contributed by atoms with E-state index in [9.17, 15) is 5.11 Å². The highest BCUT2D eigenvalue weighted by Crippen LogP contribution is 2.35. The Bertz CT molecular complexity index is 568. The molecule has 0 atom stereocenters. The summed E-state index contributed by atoms with van der Waals surface area (Å²) in [7, 11) is 0. The van der Waals surface area contributed by atoms with Gasteiger partial charge in [-0.15, -0.1) is 0 Å². The second-order valence-electron chi connectivity index (χ2n) is 4.93. The van der Waals surface area contributed by atoms with Crippen LogP contribution in [0.25, 0.3) is 6.08 Å². The molecule has 0 radical (unpaired) electrons. The maximum absolute atomic E-state index is 10.0. The van der Waals surface area contributed by atoms with Gasteiger partial charge in [0.25, 0.3) is 0 Å². The van der Waals surface area contributed by atoms with Gasteiger partial charge in [-0.2, -0.15) is 10.5 Å². The minimum Gasteiger partial charge on any atom is -0.507 e. The Morgan fingerprint density at radius 2 is 1.83 bits per heavy atom. The fourth-order valence-corrected chi connectivity index (χ4v) is 2.18. The van der Waals surface area contributed by atoms with Crippen molar-refractivity contribution in [3.8, 4) is 17.9 Å². The molecule has 0 unspecified atom stereocenters. The predicted octanol–water partition coefficient (Wildman–Crippen LogP) is 3.72. The van der Waals surface area contributed by atoms with Crippen LogP contribution in [0.2, 0.25) is 0 Å². The molecule has 0 amide bonds. The van der Waals surface area contributed by atoms with Crippen LogP contribution in [0.3, 0.4) is 0 Å². The zero-order valence-electron chi connectivity index (χ0n) is 10.5. The molecule has 0 bridgehead atoms. The monoisotopic (exact) mass is 352 g/mol. The van der Waals surface area contributed by atoms with Gasteiger partial charge >= 0.3 is 0 Å². The molecule has 0 saturated heterocycles. The molecule has 1 aromatic rings. The number of rotatable bonds is 1. The predicted molar refractivity (Wildman–Crippen MR) is 78.7 cm³/mol. The van der Waals surface area contributed by atoms with Gasteiger partial charge in [0, 0.05) is 5.56 Å². The van der Waals surface area contributed by atoms with Crippen molar-refractivity contribution in [1.82, 2.24) is 0 Å². The van der Waals surface area contributed by atoms with Gasteiger partial charge < -0.3 is 5.11 Å². The molecule has 0 aliphatic rings. The highest BCUT2D eigenvalue weighted by atomic mass is 127. The summed E-state index contributed by atoms with van der Waals surface area (Å²) < 4.78 is 0.710. The van der Waals surface area contributed by atoms with Gasteiger partial charge in [0.15, 0.2) is 0 Å². The van der Waals surface area contributed by atoms with Gasteiger partial charge in [0.2, 0.25) is 0 Å². The smallest absolute Gasteiger partial charge is 0.132 e. The fraction of sp³-hybridized carbons (Fsp3) is 0.286. The summed E-state index contributed by atoms with van der Waals surface area (Å²) in [5.74, 6) is 0.260. The molecule has 92 valence electrons. The molecule has 0 saturated carbocycles. The lowest BCUT2D eigenvalue weighted by atomic mass is 9.85. The summed E-state index contributed by atoms with van der Waals surface area (Å²) >= 11 is 2.04. The zero-order valence-corrected chi connectivity index (χ0v) is 12.6. The largest absolute Gasteiger partial charge is 0.507 e. The number of nitriles is 2. The minimum atomic E-state index is -0.201. The van der Waals surface area contributed by atoms with E-state index in [1.54, 1.807) is 6.07 Å². The van der Waals surface area contributed by atoms with E-state index >= 15 is 0 Å². The van der Waals surface area contributed by atoms with E-state index in [1.807, 2.05) is 61.6 Å². The molecular weight excluding hydrogens is 339 g/mol. The molecule has 0 aromatic heterocycles. The number of hydrogen-bond donors (Lipinski definition) is 1. The third-order valence-corrected chi connectivity index (χ3v) is 3.27. The van der Waals surface area contributed by atoms with Crippen molar-refractivity contribution in [2.45, 2.75) is 26.2 Å². The molecule has 0 aliphatic carbocycles. The first kappa shape index (κ1) is 14.5. The lowest BCUT2D eigenvalue weighted by molar-refractivity contribution is 0.443. The quantitative estimate of drug-likeness (QED) is 0.619. The molecular formula is C14H13IN2O. The lowest BCUT2D eigenvalue weighted by Crippen LogP contribution is -2.12. The lowest BCUT2D eigenvalue weighted by Gasteiger charge is -2.21. The van der Waals surface area contributed by atoms with E-state index < -0.39 is 0 Å². The normalized spacial score (nSPS) is 10.3. The van der Waals surface area contributed by atoms with Gasteiger partial charge in [-0.05, 0) is 51.8 Å². The summed E-state index contributed by atoms with van der Waals surface area (Å²) in [5.41, 5.74) is 1.40. The zero-order chi connectivity index (χ0) is 13.9. The van der Waals surface area contributed by atoms with Crippen LogP contribution < -0.4 is 0 Å². The Balaban J connectivity index is 3.45. The average molecular weight is 352 g/mol. The topological polar surface area (TPSA) is 67.8 Å². The van der Waals surface area contributed by atoms with Crippen LogP contribution in [0.4, 0.5) is 0 Å². The number of nitrogens with zero attached hydrogens (tertiary/aromatic N) is 2. The summed E-state index contributed by atoms with van der Waals surface area (Å²) in [6.07, 6.45) is 1.52. The van der Waals surface area contributed by atoms with E-state index in [0.29, 0.717) is 3.57 Å². The molecule has 4 heteroatoms.